The van der Waals surface area contributed by atoms with E-state index in [2.05, 4.69) is 42.8 Å². The molecule has 0 aliphatic carbocycles. The molecular formula is C17H21BrFN5. The van der Waals surface area contributed by atoms with Crippen molar-refractivity contribution in [1.29, 1.82) is 0 Å². The first-order valence-electron chi connectivity index (χ1n) is 7.95. The number of nitrogens with zero attached hydrogens (tertiary/aromatic N) is 5. The van der Waals surface area contributed by atoms with Crippen LogP contribution in [0.1, 0.15) is 6.92 Å². The lowest BCUT2D eigenvalue weighted by Crippen LogP contribution is -2.47. The summed E-state index contributed by atoms with van der Waals surface area (Å²) in [6, 6.07) is 3.32. The molecule has 128 valence electrons. The summed E-state index contributed by atoms with van der Waals surface area (Å²) in [4.78, 5) is 13.5. The molecule has 1 aliphatic rings. The summed E-state index contributed by atoms with van der Waals surface area (Å²) in [6.07, 6.45) is 3.82. The zero-order valence-electron chi connectivity index (χ0n) is 14.1. The molecule has 0 bridgehead atoms. The lowest BCUT2D eigenvalue weighted by Gasteiger charge is -2.33. The molecule has 0 spiro atoms. The Hall–Kier alpha value is -1.73. The first kappa shape index (κ1) is 17.1. The molecule has 0 saturated carbocycles. The van der Waals surface area contributed by atoms with Crippen molar-refractivity contribution in [3.05, 3.63) is 34.0 Å². The smallest absolute Gasteiger partial charge is 0.175 e. The number of halogens is 2. The molecule has 1 aromatic carbocycles. The van der Waals surface area contributed by atoms with Gasteiger partial charge in [-0.05, 0) is 26.1 Å². The van der Waals surface area contributed by atoms with E-state index in [9.17, 15) is 4.39 Å². The van der Waals surface area contributed by atoms with Gasteiger partial charge in [0.15, 0.2) is 17.1 Å². The van der Waals surface area contributed by atoms with Crippen LogP contribution in [0, 0.1) is 5.82 Å². The van der Waals surface area contributed by atoms with Crippen molar-refractivity contribution in [2.45, 2.75) is 6.92 Å². The molecule has 1 aliphatic heterocycles. The van der Waals surface area contributed by atoms with Crippen LogP contribution < -0.4 is 10.4 Å². The van der Waals surface area contributed by atoms with Crippen LogP contribution in [0.2, 0.25) is 0 Å². The second-order valence-electron chi connectivity index (χ2n) is 5.88. The highest BCUT2D eigenvalue weighted by Gasteiger charge is 2.20. The van der Waals surface area contributed by atoms with Crippen LogP contribution in [-0.4, -0.2) is 54.7 Å². The van der Waals surface area contributed by atoms with Gasteiger partial charge >= 0.3 is 0 Å². The maximum atomic E-state index is 14.5. The van der Waals surface area contributed by atoms with E-state index in [0.29, 0.717) is 15.5 Å². The number of aromatic nitrogens is 2. The number of hydrogen-bond acceptors (Lipinski definition) is 4. The molecule has 0 atom stereocenters. The van der Waals surface area contributed by atoms with E-state index < -0.39 is 0 Å². The first-order valence-corrected chi connectivity index (χ1v) is 8.75. The molecular weight excluding hydrogens is 373 g/mol. The van der Waals surface area contributed by atoms with E-state index in [1.807, 2.05) is 29.8 Å². The van der Waals surface area contributed by atoms with Crippen molar-refractivity contribution in [3.8, 4) is 0 Å². The molecule has 2 heterocycles. The Bertz CT molecular complexity index is 850. The van der Waals surface area contributed by atoms with Gasteiger partial charge < -0.3 is 9.80 Å². The van der Waals surface area contributed by atoms with Crippen LogP contribution in [0.4, 0.5) is 10.2 Å². The fourth-order valence-corrected chi connectivity index (χ4v) is 3.38. The third kappa shape index (κ3) is 3.10. The third-order valence-electron chi connectivity index (χ3n) is 4.23. The summed E-state index contributed by atoms with van der Waals surface area (Å²) in [5, 5.41) is 0. The normalized spacial score (nSPS) is 17.4. The van der Waals surface area contributed by atoms with Gasteiger partial charge in [-0.2, -0.15) is 0 Å². The Morgan fingerprint density at radius 2 is 1.96 bits per heavy atom. The van der Waals surface area contributed by atoms with Gasteiger partial charge in [0.2, 0.25) is 0 Å². The van der Waals surface area contributed by atoms with Crippen LogP contribution in [0.25, 0.3) is 17.2 Å². The minimum absolute atomic E-state index is 0.337. The number of anilines is 1. The average Bonchev–Trinajstić information content (AvgIpc) is 2.56. The van der Waals surface area contributed by atoms with Gasteiger partial charge in [-0.1, -0.05) is 22.0 Å². The predicted octanol–water partition coefficient (Wildman–Crippen LogP) is 2.71. The highest BCUT2D eigenvalue weighted by atomic mass is 79.9. The van der Waals surface area contributed by atoms with Gasteiger partial charge in [0.1, 0.15) is 5.52 Å². The molecule has 7 heteroatoms. The third-order valence-corrected chi connectivity index (χ3v) is 4.68. The topological polar surface area (TPSA) is 36.7 Å². The SMILES string of the molecule is C/C=C\n1c(=NC)c(N2CCN(C)CC2)nc2c(F)cc(Br)cc21. The summed E-state index contributed by atoms with van der Waals surface area (Å²) in [5.41, 5.74) is 1.79. The van der Waals surface area contributed by atoms with Gasteiger partial charge in [0.05, 0.1) is 5.52 Å². The minimum atomic E-state index is -0.337. The van der Waals surface area contributed by atoms with E-state index in [-0.39, 0.29) is 5.82 Å². The summed E-state index contributed by atoms with van der Waals surface area (Å²) >= 11 is 3.36. The Morgan fingerprint density at radius 1 is 1.25 bits per heavy atom. The second-order valence-corrected chi connectivity index (χ2v) is 6.80. The average molecular weight is 394 g/mol. The standard InChI is InChI=1S/C17H21BrFN5/c1-4-5-24-14-11-12(18)10-13(19)15(14)21-17(16(24)20-2)23-8-6-22(3)7-9-23/h4-5,10-11H,6-9H2,1-3H3/b5-4-,20-16?. The Morgan fingerprint density at radius 3 is 2.58 bits per heavy atom. The predicted molar refractivity (Wildman–Crippen MR) is 99.6 cm³/mol. The molecule has 2 aromatic rings. The summed E-state index contributed by atoms with van der Waals surface area (Å²) in [5.74, 6) is 0.396. The minimum Gasteiger partial charge on any atom is -0.351 e. The maximum Gasteiger partial charge on any atom is 0.175 e. The maximum absolute atomic E-state index is 14.5. The molecule has 0 N–H and O–H groups in total. The van der Waals surface area contributed by atoms with Crippen LogP contribution in [-0.2, 0) is 0 Å². The van der Waals surface area contributed by atoms with Gasteiger partial charge in [0, 0.05) is 43.9 Å². The number of piperazine rings is 1. The zero-order valence-corrected chi connectivity index (χ0v) is 15.7. The fourth-order valence-electron chi connectivity index (χ4n) is 2.96. The van der Waals surface area contributed by atoms with Crippen molar-refractivity contribution in [1.82, 2.24) is 14.5 Å². The van der Waals surface area contributed by atoms with Gasteiger partial charge in [-0.3, -0.25) is 9.56 Å². The molecule has 1 aromatic heterocycles. The van der Waals surface area contributed by atoms with E-state index in [4.69, 9.17) is 0 Å². The highest BCUT2D eigenvalue weighted by molar-refractivity contribution is 9.10. The highest BCUT2D eigenvalue weighted by Crippen LogP contribution is 2.23. The van der Waals surface area contributed by atoms with Crippen molar-refractivity contribution < 1.29 is 4.39 Å². The number of fused-ring (bicyclic) bond motifs is 1. The number of allylic oxidation sites excluding steroid dienone is 1. The molecule has 0 amide bonds. The Labute approximate surface area is 149 Å². The molecule has 24 heavy (non-hydrogen) atoms. The number of likely N-dealkylation sites (N-methyl/N-ethyl adjacent to an activating group) is 1. The lowest BCUT2D eigenvalue weighted by atomic mass is 10.2. The Balaban J connectivity index is 2.30. The fraction of sp³-hybridized carbons (Fsp3) is 0.412. The van der Waals surface area contributed by atoms with Crippen molar-refractivity contribution in [2.75, 3.05) is 45.2 Å². The van der Waals surface area contributed by atoms with E-state index in [1.165, 1.54) is 6.07 Å². The molecule has 1 fully saturated rings. The van der Waals surface area contributed by atoms with Gasteiger partial charge in [-0.25, -0.2) is 9.37 Å². The molecule has 0 unspecified atom stereocenters. The number of benzene rings is 1. The molecule has 0 radical (unpaired) electrons. The molecule has 3 rings (SSSR count). The van der Waals surface area contributed by atoms with Gasteiger partial charge in [-0.15, -0.1) is 0 Å². The van der Waals surface area contributed by atoms with Gasteiger partial charge in [0.25, 0.3) is 0 Å². The summed E-state index contributed by atoms with van der Waals surface area (Å²) < 4.78 is 17.1. The summed E-state index contributed by atoms with van der Waals surface area (Å²) in [7, 11) is 3.85. The van der Waals surface area contributed by atoms with Crippen molar-refractivity contribution in [3.63, 3.8) is 0 Å². The van der Waals surface area contributed by atoms with Crippen LogP contribution >= 0.6 is 15.9 Å². The summed E-state index contributed by atoms with van der Waals surface area (Å²) in [6.45, 7) is 5.55. The van der Waals surface area contributed by atoms with E-state index >= 15 is 0 Å². The first-order chi connectivity index (χ1) is 11.5. The second kappa shape index (κ2) is 7.03. The van der Waals surface area contributed by atoms with Crippen LogP contribution in [0.3, 0.4) is 0 Å². The van der Waals surface area contributed by atoms with E-state index in [0.717, 1.165) is 37.5 Å². The largest absolute Gasteiger partial charge is 0.351 e. The monoisotopic (exact) mass is 393 g/mol. The lowest BCUT2D eigenvalue weighted by molar-refractivity contribution is 0.311. The molecule has 1 saturated heterocycles. The quantitative estimate of drug-likeness (QED) is 0.786. The zero-order chi connectivity index (χ0) is 17.3. The number of hydrogen-bond donors (Lipinski definition) is 0. The van der Waals surface area contributed by atoms with Crippen LogP contribution in [0.15, 0.2) is 27.7 Å². The van der Waals surface area contributed by atoms with Crippen molar-refractivity contribution >= 4 is 39.0 Å². The van der Waals surface area contributed by atoms with Crippen LogP contribution in [0.5, 0.6) is 0 Å². The molecule has 5 nitrogen and oxygen atoms in total. The number of rotatable bonds is 2. The van der Waals surface area contributed by atoms with E-state index in [1.54, 1.807) is 7.05 Å². The van der Waals surface area contributed by atoms with Crippen molar-refractivity contribution in [2.24, 2.45) is 4.99 Å². The Kier molecular flexibility index (Phi) is 5.01.